The van der Waals surface area contributed by atoms with Crippen molar-refractivity contribution in [2.75, 3.05) is 0 Å². The first-order valence-corrected chi connectivity index (χ1v) is 11.7. The Balaban J connectivity index is 1.56. The zero-order valence-corrected chi connectivity index (χ0v) is 20.8. The largest absolute Gasteiger partial charge is 0.445 e. The quantitative estimate of drug-likeness (QED) is 0.269. The Labute approximate surface area is 216 Å². The molecule has 0 aliphatic carbocycles. The molecule has 190 valence electrons. The van der Waals surface area contributed by atoms with E-state index < -0.39 is 35.7 Å². The lowest BCUT2D eigenvalue weighted by molar-refractivity contribution is -0.179. The zero-order chi connectivity index (χ0) is 26.4. The van der Waals surface area contributed by atoms with Crippen LogP contribution in [0, 0.1) is 6.92 Å². The summed E-state index contributed by atoms with van der Waals surface area (Å²) in [6.45, 7) is 4.26. The molecule has 1 aliphatic heterocycles. The van der Waals surface area contributed by atoms with Gasteiger partial charge in [-0.2, -0.15) is 0 Å². The number of carbonyl (C=O) groups is 2. The topological polar surface area (TPSA) is 105 Å². The molecule has 2 aromatic heterocycles. The van der Waals surface area contributed by atoms with Gasteiger partial charge in [0.05, 0.1) is 17.5 Å². The highest BCUT2D eigenvalue weighted by atomic mass is 35.5. The molecular formula is C26H22ClFN4O5. The second-order valence-electron chi connectivity index (χ2n) is 8.97. The Bertz CT molecular complexity index is 1490. The van der Waals surface area contributed by atoms with Crippen molar-refractivity contribution in [3.8, 4) is 0 Å². The molecule has 2 aromatic carbocycles. The summed E-state index contributed by atoms with van der Waals surface area (Å²) in [5.74, 6) is -1.57. The molecule has 3 heterocycles. The minimum atomic E-state index is -2.43. The van der Waals surface area contributed by atoms with Crippen molar-refractivity contribution in [1.29, 1.82) is 0 Å². The second-order valence-corrected chi connectivity index (χ2v) is 9.33. The van der Waals surface area contributed by atoms with Gasteiger partial charge in [0.1, 0.15) is 11.8 Å². The van der Waals surface area contributed by atoms with Gasteiger partial charge >= 0.3 is 11.9 Å². The van der Waals surface area contributed by atoms with Crippen molar-refractivity contribution >= 4 is 34.7 Å². The summed E-state index contributed by atoms with van der Waals surface area (Å²) in [6, 6.07) is 14.9. The number of hydrogen-bond acceptors (Lipinski definition) is 8. The fourth-order valence-electron chi connectivity index (χ4n) is 4.25. The first-order chi connectivity index (χ1) is 17.6. The number of ether oxygens (including phenoxy) is 3. The van der Waals surface area contributed by atoms with E-state index in [1.165, 1.54) is 43.2 Å². The van der Waals surface area contributed by atoms with Crippen molar-refractivity contribution in [2.45, 2.75) is 44.6 Å². The first-order valence-electron chi connectivity index (χ1n) is 11.4. The number of alkyl halides is 1. The van der Waals surface area contributed by atoms with E-state index in [9.17, 15) is 9.59 Å². The van der Waals surface area contributed by atoms with Crippen molar-refractivity contribution in [3.05, 3.63) is 89.1 Å². The number of nitrogens with zero attached hydrogens (tertiary/aromatic N) is 4. The van der Waals surface area contributed by atoms with Crippen LogP contribution in [0.1, 0.15) is 46.4 Å². The smallest absolute Gasteiger partial charge is 0.340 e. The molecule has 1 aliphatic rings. The first kappa shape index (κ1) is 24.8. The molecule has 0 bridgehead atoms. The van der Waals surface area contributed by atoms with Crippen LogP contribution in [-0.2, 0) is 14.2 Å². The van der Waals surface area contributed by atoms with Crippen molar-refractivity contribution < 1.29 is 28.2 Å². The summed E-state index contributed by atoms with van der Waals surface area (Å²) in [4.78, 5) is 38.4. The molecule has 0 spiro atoms. The SMILES string of the molecule is Cc1ccccc1C(=O)O[C@H]1O[C@H](n2cnc3c(Cl)ncnc32)[C@](C)(F)[C@@]1(C)OC(=O)c1ccccc1. The molecule has 0 saturated carbocycles. The van der Waals surface area contributed by atoms with Crippen molar-refractivity contribution in [1.82, 2.24) is 19.5 Å². The molecule has 11 heteroatoms. The molecule has 0 unspecified atom stereocenters. The van der Waals surface area contributed by atoms with Gasteiger partial charge in [-0.3, -0.25) is 4.57 Å². The van der Waals surface area contributed by atoms with E-state index in [1.54, 1.807) is 49.4 Å². The monoisotopic (exact) mass is 524 g/mol. The maximum Gasteiger partial charge on any atom is 0.340 e. The highest BCUT2D eigenvalue weighted by molar-refractivity contribution is 6.33. The lowest BCUT2D eigenvalue weighted by Gasteiger charge is -2.36. The van der Waals surface area contributed by atoms with E-state index >= 15 is 4.39 Å². The maximum absolute atomic E-state index is 16.9. The average Bonchev–Trinajstić information content (AvgIpc) is 3.38. The summed E-state index contributed by atoms with van der Waals surface area (Å²) in [5.41, 5.74) is -2.97. The minimum Gasteiger partial charge on any atom is -0.445 e. The van der Waals surface area contributed by atoms with Crippen LogP contribution in [0.2, 0.25) is 5.15 Å². The van der Waals surface area contributed by atoms with Crippen LogP contribution in [0.5, 0.6) is 0 Å². The molecule has 0 radical (unpaired) electrons. The Morgan fingerprint density at radius 2 is 1.73 bits per heavy atom. The van der Waals surface area contributed by atoms with Crippen LogP contribution < -0.4 is 0 Å². The molecule has 4 aromatic rings. The van der Waals surface area contributed by atoms with Gasteiger partial charge in [-0.1, -0.05) is 48.0 Å². The highest BCUT2D eigenvalue weighted by Gasteiger charge is 2.68. The molecular weight excluding hydrogens is 503 g/mol. The Hall–Kier alpha value is -3.89. The van der Waals surface area contributed by atoms with Crippen LogP contribution in [0.25, 0.3) is 11.2 Å². The van der Waals surface area contributed by atoms with Gasteiger partial charge in [-0.15, -0.1) is 0 Å². The molecule has 0 N–H and O–H groups in total. The van der Waals surface area contributed by atoms with Crippen molar-refractivity contribution in [2.24, 2.45) is 0 Å². The molecule has 4 atom stereocenters. The zero-order valence-electron chi connectivity index (χ0n) is 20.1. The number of esters is 2. The van der Waals surface area contributed by atoms with Gasteiger partial charge in [-0.05, 0) is 44.5 Å². The number of hydrogen-bond donors (Lipinski definition) is 0. The van der Waals surface area contributed by atoms with E-state index in [2.05, 4.69) is 15.0 Å². The molecule has 0 amide bonds. The summed E-state index contributed by atoms with van der Waals surface area (Å²) >= 11 is 6.12. The normalized spacial score (nSPS) is 25.2. The van der Waals surface area contributed by atoms with Gasteiger partial charge in [0.25, 0.3) is 0 Å². The summed E-state index contributed by atoms with van der Waals surface area (Å²) in [7, 11) is 0. The molecule has 1 saturated heterocycles. The number of rotatable bonds is 5. The second kappa shape index (κ2) is 9.20. The summed E-state index contributed by atoms with van der Waals surface area (Å²) in [5, 5.41) is 0.0723. The van der Waals surface area contributed by atoms with Gasteiger partial charge in [-0.25, -0.2) is 28.9 Å². The van der Waals surface area contributed by atoms with Crippen LogP contribution >= 0.6 is 11.6 Å². The fourth-order valence-corrected chi connectivity index (χ4v) is 4.43. The van der Waals surface area contributed by atoms with Gasteiger partial charge in [0.15, 0.2) is 22.7 Å². The number of imidazole rings is 1. The standard InChI is InChI=1S/C26H22ClFN4O5/c1-15-9-7-8-12-17(15)22(34)35-24-26(3,37-21(33)16-10-5-4-6-11-16)25(2,28)23(36-24)32-14-31-18-19(27)29-13-30-20(18)32/h4-14,23-24H,1-3H3/t23-,24-,25-,26-/m0/s1. The lowest BCUT2D eigenvalue weighted by atomic mass is 9.87. The van der Waals surface area contributed by atoms with Crippen LogP contribution in [0.4, 0.5) is 4.39 Å². The number of carbonyl (C=O) groups excluding carboxylic acids is 2. The third-order valence-corrected chi connectivity index (χ3v) is 6.87. The Morgan fingerprint density at radius 3 is 2.46 bits per heavy atom. The molecule has 37 heavy (non-hydrogen) atoms. The number of aromatic nitrogens is 4. The van der Waals surface area contributed by atoms with E-state index in [1.807, 2.05) is 0 Å². The number of fused-ring (bicyclic) bond motifs is 1. The Kier molecular flexibility index (Phi) is 6.17. The van der Waals surface area contributed by atoms with Gasteiger partial charge in [0.2, 0.25) is 11.9 Å². The van der Waals surface area contributed by atoms with E-state index in [0.717, 1.165) is 0 Å². The van der Waals surface area contributed by atoms with Crippen LogP contribution in [0.3, 0.4) is 0 Å². The van der Waals surface area contributed by atoms with Crippen LogP contribution in [-0.4, -0.2) is 49.0 Å². The molecule has 9 nitrogen and oxygen atoms in total. The lowest BCUT2D eigenvalue weighted by Crippen LogP contribution is -2.55. The summed E-state index contributed by atoms with van der Waals surface area (Å²) < 4.78 is 35.5. The number of halogens is 2. The maximum atomic E-state index is 16.9. The molecule has 1 fully saturated rings. The van der Waals surface area contributed by atoms with Gasteiger partial charge < -0.3 is 14.2 Å². The number of benzene rings is 2. The highest BCUT2D eigenvalue weighted by Crippen LogP contribution is 2.51. The van der Waals surface area contributed by atoms with Gasteiger partial charge in [0, 0.05) is 0 Å². The molecule has 5 rings (SSSR count). The number of aryl methyl sites for hydroxylation is 1. The average molecular weight is 525 g/mol. The minimum absolute atomic E-state index is 0.0723. The third-order valence-electron chi connectivity index (χ3n) is 6.60. The van der Waals surface area contributed by atoms with E-state index in [4.69, 9.17) is 25.8 Å². The predicted molar refractivity (Wildman–Crippen MR) is 131 cm³/mol. The van der Waals surface area contributed by atoms with Crippen LogP contribution in [0.15, 0.2) is 67.3 Å². The Morgan fingerprint density at radius 1 is 1.03 bits per heavy atom. The fraction of sp³-hybridized carbons (Fsp3) is 0.269. The van der Waals surface area contributed by atoms with E-state index in [0.29, 0.717) is 5.56 Å². The third kappa shape index (κ3) is 4.11. The van der Waals surface area contributed by atoms with Crippen molar-refractivity contribution in [3.63, 3.8) is 0 Å². The van der Waals surface area contributed by atoms with E-state index in [-0.39, 0.29) is 27.4 Å². The predicted octanol–water partition coefficient (Wildman–Crippen LogP) is 4.84. The summed E-state index contributed by atoms with van der Waals surface area (Å²) in [6.07, 6.45) is -0.579.